The lowest BCUT2D eigenvalue weighted by molar-refractivity contribution is 0.0679. The van der Waals surface area contributed by atoms with Crippen LogP contribution in [-0.4, -0.2) is 30.5 Å². The molecule has 1 aromatic rings. The highest BCUT2D eigenvalue weighted by Crippen LogP contribution is 2.27. The summed E-state index contributed by atoms with van der Waals surface area (Å²) in [6.07, 6.45) is 4.71. The number of carbonyl (C=O) groups excluding carboxylic acids is 1. The van der Waals surface area contributed by atoms with Crippen molar-refractivity contribution < 1.29 is 9.53 Å². The third kappa shape index (κ3) is 3.53. The predicted octanol–water partition coefficient (Wildman–Crippen LogP) is 3.74. The van der Waals surface area contributed by atoms with Crippen LogP contribution in [0.1, 0.15) is 49.9 Å². The Morgan fingerprint density at radius 3 is 2.35 bits per heavy atom. The minimum absolute atomic E-state index is 0.118. The molecule has 0 spiro atoms. The number of rotatable bonds is 4. The maximum atomic E-state index is 12.5. The molecule has 0 heterocycles. The summed E-state index contributed by atoms with van der Waals surface area (Å²) in [6.45, 7) is 4.90. The summed E-state index contributed by atoms with van der Waals surface area (Å²) in [5.74, 6) is 1.74. The summed E-state index contributed by atoms with van der Waals surface area (Å²) in [7, 11) is 1.93. The first-order valence-corrected chi connectivity index (χ1v) is 7.61. The van der Waals surface area contributed by atoms with Crippen molar-refractivity contribution in [1.82, 2.24) is 4.90 Å². The van der Waals surface area contributed by atoms with Gasteiger partial charge in [-0.1, -0.05) is 6.92 Å². The molecule has 0 atom stereocenters. The van der Waals surface area contributed by atoms with Gasteiger partial charge >= 0.3 is 0 Å². The average Bonchev–Trinajstić information content (AvgIpc) is 2.48. The normalized spacial score (nSPS) is 22.4. The van der Waals surface area contributed by atoms with Gasteiger partial charge in [-0.05, 0) is 62.8 Å². The van der Waals surface area contributed by atoms with Gasteiger partial charge in [0.25, 0.3) is 5.91 Å². The summed E-state index contributed by atoms with van der Waals surface area (Å²) in [6, 6.07) is 7.84. The topological polar surface area (TPSA) is 29.5 Å². The molecule has 0 aliphatic heterocycles. The molecule has 20 heavy (non-hydrogen) atoms. The van der Waals surface area contributed by atoms with Gasteiger partial charge in [-0.25, -0.2) is 0 Å². The van der Waals surface area contributed by atoms with Crippen molar-refractivity contribution in [1.29, 1.82) is 0 Å². The molecule has 3 nitrogen and oxygen atoms in total. The van der Waals surface area contributed by atoms with E-state index in [1.54, 1.807) is 0 Å². The zero-order chi connectivity index (χ0) is 14.5. The average molecular weight is 275 g/mol. The summed E-state index contributed by atoms with van der Waals surface area (Å²) in [5, 5.41) is 0. The largest absolute Gasteiger partial charge is 0.494 e. The van der Waals surface area contributed by atoms with Gasteiger partial charge < -0.3 is 9.64 Å². The van der Waals surface area contributed by atoms with E-state index >= 15 is 0 Å². The predicted molar refractivity (Wildman–Crippen MR) is 81.1 cm³/mol. The highest BCUT2D eigenvalue weighted by atomic mass is 16.5. The van der Waals surface area contributed by atoms with Gasteiger partial charge in [0, 0.05) is 18.7 Å². The minimum Gasteiger partial charge on any atom is -0.494 e. The molecule has 1 aliphatic rings. The third-order valence-electron chi connectivity index (χ3n) is 4.27. The maximum absolute atomic E-state index is 12.5. The lowest BCUT2D eigenvalue weighted by atomic mass is 9.86. The van der Waals surface area contributed by atoms with Gasteiger partial charge in [0.05, 0.1) is 6.61 Å². The molecule has 1 amide bonds. The summed E-state index contributed by atoms with van der Waals surface area (Å²) in [5.41, 5.74) is 0.745. The molecule has 0 aromatic heterocycles. The third-order valence-corrected chi connectivity index (χ3v) is 4.27. The van der Waals surface area contributed by atoms with E-state index in [2.05, 4.69) is 6.92 Å². The maximum Gasteiger partial charge on any atom is 0.253 e. The molecule has 0 N–H and O–H groups in total. The van der Waals surface area contributed by atoms with Crippen molar-refractivity contribution in [3.8, 4) is 5.75 Å². The van der Waals surface area contributed by atoms with Gasteiger partial charge in [0.15, 0.2) is 0 Å². The molecule has 0 radical (unpaired) electrons. The van der Waals surface area contributed by atoms with E-state index in [9.17, 15) is 4.79 Å². The number of ether oxygens (including phenoxy) is 1. The Hall–Kier alpha value is -1.51. The lowest BCUT2D eigenvalue weighted by Crippen LogP contribution is -2.39. The SMILES string of the molecule is CCOc1ccc(C(=O)N(C)C2CCC(C)CC2)cc1. The standard InChI is InChI=1S/C17H25NO2/c1-4-20-16-11-7-14(8-12-16)17(19)18(3)15-9-5-13(2)6-10-15/h7-8,11-13,15H,4-6,9-10H2,1-3H3. The van der Waals surface area contributed by atoms with Crippen LogP contribution < -0.4 is 4.74 Å². The summed E-state index contributed by atoms with van der Waals surface area (Å²) >= 11 is 0. The zero-order valence-corrected chi connectivity index (χ0v) is 12.8. The zero-order valence-electron chi connectivity index (χ0n) is 12.8. The monoisotopic (exact) mass is 275 g/mol. The molecule has 0 saturated heterocycles. The highest BCUT2D eigenvalue weighted by molar-refractivity contribution is 5.94. The van der Waals surface area contributed by atoms with Crippen LogP contribution in [0.5, 0.6) is 5.75 Å². The first-order chi connectivity index (χ1) is 9.61. The molecule has 110 valence electrons. The Labute approximate surface area is 121 Å². The summed E-state index contributed by atoms with van der Waals surface area (Å²) in [4.78, 5) is 14.4. The number of benzene rings is 1. The number of hydrogen-bond donors (Lipinski definition) is 0. The van der Waals surface area contributed by atoms with E-state index < -0.39 is 0 Å². The Morgan fingerprint density at radius 1 is 1.20 bits per heavy atom. The number of amides is 1. The van der Waals surface area contributed by atoms with Crippen molar-refractivity contribution in [3.05, 3.63) is 29.8 Å². The van der Waals surface area contributed by atoms with E-state index in [-0.39, 0.29) is 5.91 Å². The van der Waals surface area contributed by atoms with Crippen LogP contribution in [0.3, 0.4) is 0 Å². The van der Waals surface area contributed by atoms with Crippen molar-refractivity contribution in [2.24, 2.45) is 5.92 Å². The molecular weight excluding hydrogens is 250 g/mol. The molecule has 0 bridgehead atoms. The van der Waals surface area contributed by atoms with E-state index in [0.717, 1.165) is 30.1 Å². The highest BCUT2D eigenvalue weighted by Gasteiger charge is 2.25. The van der Waals surface area contributed by atoms with Gasteiger partial charge in [-0.2, -0.15) is 0 Å². The van der Waals surface area contributed by atoms with Crippen molar-refractivity contribution in [2.75, 3.05) is 13.7 Å². The molecular formula is C17H25NO2. The lowest BCUT2D eigenvalue weighted by Gasteiger charge is -2.33. The number of hydrogen-bond acceptors (Lipinski definition) is 2. The fourth-order valence-corrected chi connectivity index (χ4v) is 2.86. The molecule has 1 saturated carbocycles. The van der Waals surface area contributed by atoms with E-state index in [4.69, 9.17) is 4.74 Å². The molecule has 0 unspecified atom stereocenters. The number of carbonyl (C=O) groups is 1. The second-order valence-corrected chi connectivity index (χ2v) is 5.79. The Kier molecular flexibility index (Phi) is 5.05. The van der Waals surface area contributed by atoms with Crippen molar-refractivity contribution >= 4 is 5.91 Å². The minimum atomic E-state index is 0.118. The fraction of sp³-hybridized carbons (Fsp3) is 0.588. The van der Waals surface area contributed by atoms with E-state index in [0.29, 0.717) is 12.6 Å². The second-order valence-electron chi connectivity index (χ2n) is 5.79. The first kappa shape index (κ1) is 14.9. The van der Waals surface area contributed by atoms with Gasteiger partial charge in [-0.3, -0.25) is 4.79 Å². The molecule has 1 aliphatic carbocycles. The Bertz CT molecular complexity index is 433. The van der Waals surface area contributed by atoms with Gasteiger partial charge in [0.2, 0.25) is 0 Å². The summed E-state index contributed by atoms with van der Waals surface area (Å²) < 4.78 is 5.40. The molecule has 3 heteroatoms. The van der Waals surface area contributed by atoms with Gasteiger partial charge in [-0.15, -0.1) is 0 Å². The van der Waals surface area contributed by atoms with E-state index in [1.807, 2.05) is 43.1 Å². The van der Waals surface area contributed by atoms with Crippen LogP contribution in [0.4, 0.5) is 0 Å². The fourth-order valence-electron chi connectivity index (χ4n) is 2.86. The molecule has 1 fully saturated rings. The van der Waals surface area contributed by atoms with Crippen molar-refractivity contribution in [3.63, 3.8) is 0 Å². The Morgan fingerprint density at radius 2 is 1.80 bits per heavy atom. The molecule has 2 rings (SSSR count). The van der Waals surface area contributed by atoms with Crippen LogP contribution >= 0.6 is 0 Å². The van der Waals surface area contributed by atoms with E-state index in [1.165, 1.54) is 12.8 Å². The van der Waals surface area contributed by atoms with Crippen LogP contribution in [-0.2, 0) is 0 Å². The van der Waals surface area contributed by atoms with Gasteiger partial charge in [0.1, 0.15) is 5.75 Å². The van der Waals surface area contributed by atoms with Crippen LogP contribution in [0.15, 0.2) is 24.3 Å². The van der Waals surface area contributed by atoms with Crippen LogP contribution in [0.25, 0.3) is 0 Å². The molecule has 1 aromatic carbocycles. The second kappa shape index (κ2) is 6.78. The quantitative estimate of drug-likeness (QED) is 0.838. The Balaban J connectivity index is 1.99. The van der Waals surface area contributed by atoms with Crippen molar-refractivity contribution in [2.45, 2.75) is 45.6 Å². The van der Waals surface area contributed by atoms with Crippen LogP contribution in [0, 0.1) is 5.92 Å². The number of nitrogens with zero attached hydrogens (tertiary/aromatic N) is 1. The van der Waals surface area contributed by atoms with Crippen LogP contribution in [0.2, 0.25) is 0 Å². The first-order valence-electron chi connectivity index (χ1n) is 7.61. The smallest absolute Gasteiger partial charge is 0.253 e.